The third-order valence-electron chi connectivity index (χ3n) is 5.28. The molecule has 12 heteroatoms. The van der Waals surface area contributed by atoms with Gasteiger partial charge >= 0.3 is 0 Å². The SMILES string of the molecule is CS(=O)(=O)c1ccc(C(=O)NNC(=O)[C@@H]2CCCN2C2=NS(=O)(=O)c3ccccc32)cc1. The summed E-state index contributed by atoms with van der Waals surface area (Å²) in [7, 11) is -7.20. The molecule has 2 heterocycles. The third-order valence-corrected chi connectivity index (χ3v) is 7.74. The number of sulfone groups is 1. The highest BCUT2D eigenvalue weighted by Crippen LogP contribution is 2.31. The minimum Gasteiger partial charge on any atom is -0.343 e. The van der Waals surface area contributed by atoms with Crippen LogP contribution in [-0.4, -0.2) is 58.2 Å². The molecule has 1 fully saturated rings. The smallest absolute Gasteiger partial charge is 0.285 e. The lowest BCUT2D eigenvalue weighted by Gasteiger charge is -2.25. The van der Waals surface area contributed by atoms with Crippen LogP contribution >= 0.6 is 0 Å². The lowest BCUT2D eigenvalue weighted by atomic mass is 10.1. The van der Waals surface area contributed by atoms with E-state index >= 15 is 0 Å². The lowest BCUT2D eigenvalue weighted by molar-refractivity contribution is -0.125. The van der Waals surface area contributed by atoms with Crippen LogP contribution in [0, 0.1) is 0 Å². The topological polar surface area (TPSA) is 142 Å². The Kier molecular flexibility index (Phi) is 5.51. The van der Waals surface area contributed by atoms with Gasteiger partial charge in [-0.3, -0.25) is 20.4 Å². The van der Waals surface area contributed by atoms with Crippen molar-refractivity contribution >= 4 is 37.5 Å². The maximum absolute atomic E-state index is 12.8. The first-order chi connectivity index (χ1) is 15.1. The molecule has 10 nitrogen and oxygen atoms in total. The summed E-state index contributed by atoms with van der Waals surface area (Å²) in [5.74, 6) is -0.900. The minimum absolute atomic E-state index is 0.0762. The van der Waals surface area contributed by atoms with Gasteiger partial charge in [0.25, 0.3) is 21.8 Å². The Morgan fingerprint density at radius 2 is 1.75 bits per heavy atom. The lowest BCUT2D eigenvalue weighted by Crippen LogP contribution is -2.51. The molecule has 0 aliphatic carbocycles. The number of likely N-dealkylation sites (tertiary alicyclic amines) is 1. The average molecular weight is 477 g/mol. The summed E-state index contributed by atoms with van der Waals surface area (Å²) < 4.78 is 51.6. The van der Waals surface area contributed by atoms with Crippen LogP contribution in [0.4, 0.5) is 0 Å². The molecule has 32 heavy (non-hydrogen) atoms. The molecule has 0 aromatic heterocycles. The van der Waals surface area contributed by atoms with Crippen molar-refractivity contribution in [3.05, 3.63) is 59.7 Å². The maximum atomic E-state index is 12.8. The first-order valence-electron chi connectivity index (χ1n) is 9.69. The van der Waals surface area contributed by atoms with Gasteiger partial charge < -0.3 is 4.90 Å². The standard InChI is InChI=1S/C20H20N4O6S2/c1-31(27,28)14-10-8-13(9-11-14)19(25)21-22-20(26)16-6-4-12-24(16)18-15-5-2-3-7-17(15)32(29,30)23-18/h2-3,5,7-11,16H,4,6,12H2,1H3,(H,21,25)(H,22,26)/t16-/m0/s1. The summed E-state index contributed by atoms with van der Waals surface area (Å²) in [6, 6.07) is 11.0. The number of rotatable bonds is 3. The summed E-state index contributed by atoms with van der Waals surface area (Å²) in [5, 5.41) is 0. The van der Waals surface area contributed by atoms with Gasteiger partial charge in [0, 0.05) is 23.9 Å². The van der Waals surface area contributed by atoms with E-state index in [1.54, 1.807) is 23.1 Å². The number of benzene rings is 2. The largest absolute Gasteiger partial charge is 0.343 e. The molecule has 1 atom stereocenters. The molecule has 0 radical (unpaired) electrons. The van der Waals surface area contributed by atoms with Crippen molar-refractivity contribution in [1.29, 1.82) is 0 Å². The van der Waals surface area contributed by atoms with E-state index in [2.05, 4.69) is 15.2 Å². The van der Waals surface area contributed by atoms with E-state index in [0.717, 1.165) is 6.26 Å². The molecule has 0 saturated carbocycles. The van der Waals surface area contributed by atoms with Crippen LogP contribution in [0.3, 0.4) is 0 Å². The molecule has 0 bridgehead atoms. The molecular formula is C20H20N4O6S2. The summed E-state index contributed by atoms with van der Waals surface area (Å²) in [6.07, 6.45) is 2.18. The van der Waals surface area contributed by atoms with Gasteiger partial charge in [-0.05, 0) is 49.2 Å². The van der Waals surface area contributed by atoms with Crippen molar-refractivity contribution in [2.45, 2.75) is 28.7 Å². The molecular weight excluding hydrogens is 456 g/mol. The molecule has 0 unspecified atom stereocenters. The van der Waals surface area contributed by atoms with Crippen molar-refractivity contribution in [3.63, 3.8) is 0 Å². The number of carbonyl (C=O) groups excluding carboxylic acids is 2. The number of amides is 2. The number of hydrogen-bond acceptors (Lipinski definition) is 7. The van der Waals surface area contributed by atoms with Gasteiger partial charge in [-0.15, -0.1) is 4.40 Å². The van der Waals surface area contributed by atoms with E-state index < -0.39 is 37.7 Å². The second kappa shape index (κ2) is 8.02. The molecule has 2 N–H and O–H groups in total. The summed E-state index contributed by atoms with van der Waals surface area (Å²) in [6.45, 7) is 0.446. The van der Waals surface area contributed by atoms with Gasteiger partial charge in [-0.25, -0.2) is 8.42 Å². The highest BCUT2D eigenvalue weighted by molar-refractivity contribution is 7.91. The summed E-state index contributed by atoms with van der Waals surface area (Å²) in [5.41, 5.74) is 5.28. The van der Waals surface area contributed by atoms with Crippen molar-refractivity contribution in [1.82, 2.24) is 15.8 Å². The fourth-order valence-electron chi connectivity index (χ4n) is 3.72. The molecule has 2 aliphatic heterocycles. The molecule has 1 saturated heterocycles. The van der Waals surface area contributed by atoms with Gasteiger partial charge in [0.2, 0.25) is 0 Å². The Morgan fingerprint density at radius 1 is 1.06 bits per heavy atom. The molecule has 2 aromatic rings. The van der Waals surface area contributed by atoms with Crippen molar-refractivity contribution < 1.29 is 26.4 Å². The molecule has 0 spiro atoms. The zero-order valence-electron chi connectivity index (χ0n) is 17.0. The molecule has 168 valence electrons. The molecule has 2 amide bonds. The van der Waals surface area contributed by atoms with E-state index in [-0.39, 0.29) is 21.2 Å². The number of sulfonamides is 1. The van der Waals surface area contributed by atoms with Crippen molar-refractivity contribution in [3.8, 4) is 0 Å². The van der Waals surface area contributed by atoms with E-state index in [1.165, 1.54) is 30.3 Å². The Bertz CT molecular complexity index is 1330. The predicted molar refractivity (Wildman–Crippen MR) is 115 cm³/mol. The first-order valence-corrected chi connectivity index (χ1v) is 13.0. The van der Waals surface area contributed by atoms with Crippen LogP contribution in [0.2, 0.25) is 0 Å². The Balaban J connectivity index is 1.45. The maximum Gasteiger partial charge on any atom is 0.285 e. The number of carbonyl (C=O) groups is 2. The molecule has 4 rings (SSSR count). The van der Waals surface area contributed by atoms with Gasteiger partial charge in [-0.1, -0.05) is 12.1 Å². The third kappa shape index (κ3) is 4.10. The van der Waals surface area contributed by atoms with Crippen LogP contribution in [0.5, 0.6) is 0 Å². The zero-order chi connectivity index (χ0) is 23.1. The highest BCUT2D eigenvalue weighted by atomic mass is 32.2. The molecule has 2 aromatic carbocycles. The van der Waals surface area contributed by atoms with Crippen LogP contribution in [0.15, 0.2) is 62.7 Å². The minimum atomic E-state index is -3.82. The van der Waals surface area contributed by atoms with E-state index in [0.29, 0.717) is 24.9 Å². The van der Waals surface area contributed by atoms with Crippen molar-refractivity contribution in [2.75, 3.05) is 12.8 Å². The monoisotopic (exact) mass is 476 g/mol. The Labute approximate surface area is 185 Å². The zero-order valence-corrected chi connectivity index (χ0v) is 18.6. The summed E-state index contributed by atoms with van der Waals surface area (Å²) in [4.78, 5) is 26.9. The second-order valence-corrected chi connectivity index (χ2v) is 11.1. The second-order valence-electron chi connectivity index (χ2n) is 7.48. The Hall–Kier alpha value is -3.25. The van der Waals surface area contributed by atoms with E-state index in [4.69, 9.17) is 0 Å². The number of hydrogen-bond donors (Lipinski definition) is 2. The van der Waals surface area contributed by atoms with Gasteiger partial charge in [0.05, 0.1) is 4.90 Å². The number of amidine groups is 1. The van der Waals surface area contributed by atoms with Gasteiger partial charge in [-0.2, -0.15) is 8.42 Å². The number of nitrogens with zero attached hydrogens (tertiary/aromatic N) is 2. The van der Waals surface area contributed by atoms with Crippen LogP contribution in [0.25, 0.3) is 0 Å². The van der Waals surface area contributed by atoms with E-state index in [9.17, 15) is 26.4 Å². The Morgan fingerprint density at radius 3 is 2.44 bits per heavy atom. The van der Waals surface area contributed by atoms with Gasteiger partial charge in [0.15, 0.2) is 15.7 Å². The quantitative estimate of drug-likeness (QED) is 0.613. The fourth-order valence-corrected chi connectivity index (χ4v) is 5.56. The number of hydrazine groups is 1. The highest BCUT2D eigenvalue weighted by Gasteiger charge is 2.39. The van der Waals surface area contributed by atoms with Crippen LogP contribution in [-0.2, 0) is 24.7 Å². The van der Waals surface area contributed by atoms with Crippen molar-refractivity contribution in [2.24, 2.45) is 4.40 Å². The van der Waals surface area contributed by atoms with Crippen LogP contribution in [0.1, 0.15) is 28.8 Å². The average Bonchev–Trinajstić information content (AvgIpc) is 3.34. The van der Waals surface area contributed by atoms with Gasteiger partial charge in [0.1, 0.15) is 10.9 Å². The first kappa shape index (κ1) is 22.0. The fraction of sp³-hybridized carbons (Fsp3) is 0.250. The number of fused-ring (bicyclic) bond motifs is 1. The number of nitrogens with one attached hydrogen (secondary N) is 2. The predicted octanol–water partition coefficient (Wildman–Crippen LogP) is 0.465. The summed E-state index contributed by atoms with van der Waals surface area (Å²) >= 11 is 0. The van der Waals surface area contributed by atoms with Crippen LogP contribution < -0.4 is 10.9 Å². The normalized spacial score (nSPS) is 19.2. The van der Waals surface area contributed by atoms with E-state index in [1.807, 2.05) is 0 Å². The molecule has 2 aliphatic rings.